The number of imide groups is 1. The molecule has 1 heterocycles. The molecule has 1 aliphatic heterocycles. The molecular formula is C28H29BrN2O5. The van der Waals surface area contributed by atoms with Crippen LogP contribution in [0.5, 0.6) is 0 Å². The van der Waals surface area contributed by atoms with E-state index in [0.717, 1.165) is 46.2 Å². The maximum atomic E-state index is 13.4. The van der Waals surface area contributed by atoms with Crippen molar-refractivity contribution in [1.29, 1.82) is 0 Å². The van der Waals surface area contributed by atoms with Gasteiger partial charge in [0.15, 0.2) is 6.61 Å². The normalized spacial score (nSPS) is 25.1. The molecule has 3 amide bonds. The van der Waals surface area contributed by atoms with Crippen molar-refractivity contribution < 1.29 is 23.9 Å². The number of halogens is 1. The molecule has 5 atom stereocenters. The van der Waals surface area contributed by atoms with Gasteiger partial charge < -0.3 is 10.1 Å². The molecule has 1 N–H and O–H groups in total. The lowest BCUT2D eigenvalue weighted by Crippen LogP contribution is -2.48. The van der Waals surface area contributed by atoms with E-state index in [0.29, 0.717) is 5.69 Å². The van der Waals surface area contributed by atoms with Crippen LogP contribution in [0.3, 0.4) is 0 Å². The van der Waals surface area contributed by atoms with Crippen LogP contribution in [0.15, 0.2) is 53.0 Å². The van der Waals surface area contributed by atoms with Crippen LogP contribution in [-0.4, -0.2) is 41.2 Å². The summed E-state index contributed by atoms with van der Waals surface area (Å²) in [5.74, 6) is -1.95. The molecule has 2 aromatic rings. The van der Waals surface area contributed by atoms with E-state index in [1.54, 1.807) is 6.07 Å². The number of anilines is 1. The smallest absolute Gasteiger partial charge is 0.330 e. The molecule has 0 radical (unpaired) electrons. The Labute approximate surface area is 218 Å². The predicted octanol–water partition coefficient (Wildman–Crippen LogP) is 4.14. The van der Waals surface area contributed by atoms with Crippen molar-refractivity contribution in [3.05, 3.63) is 64.1 Å². The van der Waals surface area contributed by atoms with Crippen LogP contribution >= 0.6 is 15.9 Å². The van der Waals surface area contributed by atoms with E-state index >= 15 is 0 Å². The summed E-state index contributed by atoms with van der Waals surface area (Å²) >= 11 is 3.43. The number of amides is 3. The zero-order valence-corrected chi connectivity index (χ0v) is 21.7. The molecule has 2 bridgehead atoms. The van der Waals surface area contributed by atoms with E-state index in [2.05, 4.69) is 21.2 Å². The number of esters is 1. The number of nitrogens with zero attached hydrogens (tertiary/aromatic N) is 1. The number of hydrogen-bond acceptors (Lipinski definition) is 5. The van der Waals surface area contributed by atoms with Gasteiger partial charge in [0.1, 0.15) is 6.04 Å². The Morgan fingerprint density at radius 2 is 1.72 bits per heavy atom. The van der Waals surface area contributed by atoms with Gasteiger partial charge in [-0.1, -0.05) is 53.2 Å². The first-order valence-corrected chi connectivity index (χ1v) is 13.3. The number of hydrogen-bond donors (Lipinski definition) is 1. The second kappa shape index (κ2) is 10.2. The molecule has 5 rings (SSSR count). The molecule has 8 heteroatoms. The van der Waals surface area contributed by atoms with Gasteiger partial charge in [0.2, 0.25) is 11.8 Å². The van der Waals surface area contributed by atoms with Crippen LogP contribution in [0.1, 0.15) is 37.3 Å². The minimum Gasteiger partial charge on any atom is -0.454 e. The van der Waals surface area contributed by atoms with Crippen molar-refractivity contribution >= 4 is 45.3 Å². The van der Waals surface area contributed by atoms with Gasteiger partial charge in [-0.3, -0.25) is 19.3 Å². The second-order valence-electron chi connectivity index (χ2n) is 9.95. The van der Waals surface area contributed by atoms with E-state index in [1.807, 2.05) is 49.4 Å². The van der Waals surface area contributed by atoms with Crippen molar-refractivity contribution in [3.8, 4) is 0 Å². The van der Waals surface area contributed by atoms with Crippen LogP contribution in [0.4, 0.5) is 5.69 Å². The molecule has 0 aromatic heterocycles. The lowest BCUT2D eigenvalue weighted by Gasteiger charge is -2.26. The van der Waals surface area contributed by atoms with Crippen LogP contribution in [-0.2, 0) is 36.8 Å². The minimum absolute atomic E-state index is 0.153. The fourth-order valence-corrected chi connectivity index (χ4v) is 6.66. The summed E-state index contributed by atoms with van der Waals surface area (Å²) in [6.07, 6.45) is 3.72. The first-order valence-electron chi connectivity index (χ1n) is 12.5. The van der Waals surface area contributed by atoms with Gasteiger partial charge in [0.05, 0.1) is 11.8 Å². The molecule has 2 aromatic carbocycles. The number of rotatable bonds is 8. The Morgan fingerprint density at radius 3 is 2.36 bits per heavy atom. The predicted molar refractivity (Wildman–Crippen MR) is 137 cm³/mol. The minimum atomic E-state index is -1.09. The summed E-state index contributed by atoms with van der Waals surface area (Å²) in [6, 6.07) is 13.7. The van der Waals surface area contributed by atoms with Crippen molar-refractivity contribution in [1.82, 2.24) is 4.90 Å². The number of nitrogens with one attached hydrogen (secondary N) is 1. The van der Waals surface area contributed by atoms with Crippen molar-refractivity contribution in [2.75, 3.05) is 11.9 Å². The standard InChI is InChI=1S/C28H29BrN2O5/c1-2-17-14-20(29)10-11-21(17)30-23(32)15-36-28(35)22(12-16-6-4-3-5-7-16)31-26(33)24-18-8-9-19(13-18)25(24)27(31)34/h3-7,10-11,14,18-19,22,24-25H,2,8-9,12-13,15H2,1H3,(H,30,32)/t18-,19-,22+,24-,25+/m0/s1. The Hall–Kier alpha value is -3.00. The third-order valence-electron chi connectivity index (χ3n) is 7.88. The molecule has 3 fully saturated rings. The third kappa shape index (κ3) is 4.59. The van der Waals surface area contributed by atoms with Gasteiger partial charge in [-0.05, 0) is 66.8 Å². The van der Waals surface area contributed by atoms with Gasteiger partial charge in [0, 0.05) is 16.6 Å². The lowest BCUT2D eigenvalue weighted by molar-refractivity contribution is -0.160. The topological polar surface area (TPSA) is 92.8 Å². The maximum Gasteiger partial charge on any atom is 0.330 e. The summed E-state index contributed by atoms with van der Waals surface area (Å²) in [5.41, 5.74) is 2.41. The molecule has 2 saturated carbocycles. The Morgan fingerprint density at radius 1 is 1.06 bits per heavy atom. The van der Waals surface area contributed by atoms with Crippen molar-refractivity contribution in [2.24, 2.45) is 23.7 Å². The van der Waals surface area contributed by atoms with Crippen molar-refractivity contribution in [3.63, 3.8) is 0 Å². The highest BCUT2D eigenvalue weighted by atomic mass is 79.9. The van der Waals surface area contributed by atoms with E-state index < -0.39 is 24.5 Å². The summed E-state index contributed by atoms with van der Waals surface area (Å²) in [5, 5.41) is 2.79. The Kier molecular flexibility index (Phi) is 6.97. The van der Waals surface area contributed by atoms with E-state index in [-0.39, 0.29) is 41.9 Å². The molecule has 188 valence electrons. The fourth-order valence-electron chi connectivity index (χ4n) is 6.25. The molecule has 0 spiro atoms. The highest BCUT2D eigenvalue weighted by Crippen LogP contribution is 2.56. The molecule has 2 aliphatic carbocycles. The molecule has 1 saturated heterocycles. The zero-order valence-electron chi connectivity index (χ0n) is 20.1. The van der Waals surface area contributed by atoms with Crippen molar-refractivity contribution in [2.45, 2.75) is 45.1 Å². The molecule has 3 aliphatic rings. The number of fused-ring (bicyclic) bond motifs is 5. The van der Waals surface area contributed by atoms with Gasteiger partial charge in [-0.25, -0.2) is 4.79 Å². The number of likely N-dealkylation sites (tertiary alicyclic amines) is 1. The third-order valence-corrected chi connectivity index (χ3v) is 8.38. The average Bonchev–Trinajstić information content (AvgIpc) is 3.56. The Balaban J connectivity index is 1.31. The van der Waals surface area contributed by atoms with Crippen LogP contribution in [0, 0.1) is 23.7 Å². The SMILES string of the molecule is CCc1cc(Br)ccc1NC(=O)COC(=O)[C@@H](Cc1ccccc1)N1C(=O)[C@@H]2[C@H]3CC[C@@H](C3)[C@@H]2C1=O. The van der Waals surface area contributed by atoms with Gasteiger partial charge >= 0.3 is 5.97 Å². The fraction of sp³-hybridized carbons (Fsp3) is 0.429. The van der Waals surface area contributed by atoms with Crippen LogP contribution in [0.2, 0.25) is 0 Å². The van der Waals surface area contributed by atoms with Crippen LogP contribution < -0.4 is 5.32 Å². The summed E-state index contributed by atoms with van der Waals surface area (Å²) < 4.78 is 6.31. The van der Waals surface area contributed by atoms with Crippen LogP contribution in [0.25, 0.3) is 0 Å². The summed E-state index contributed by atoms with van der Waals surface area (Å²) in [7, 11) is 0. The highest BCUT2D eigenvalue weighted by Gasteiger charge is 2.62. The van der Waals surface area contributed by atoms with Gasteiger partial charge in [0.25, 0.3) is 5.91 Å². The quantitative estimate of drug-likeness (QED) is 0.392. The highest BCUT2D eigenvalue weighted by molar-refractivity contribution is 9.10. The maximum absolute atomic E-state index is 13.4. The average molecular weight is 553 g/mol. The number of benzene rings is 2. The molecule has 7 nitrogen and oxygen atoms in total. The van der Waals surface area contributed by atoms with E-state index in [4.69, 9.17) is 4.74 Å². The number of aryl methyl sites for hydroxylation is 1. The number of carbonyl (C=O) groups is 4. The Bertz CT molecular complexity index is 1170. The largest absolute Gasteiger partial charge is 0.454 e. The molecular weight excluding hydrogens is 524 g/mol. The first kappa shape index (κ1) is 24.7. The van der Waals surface area contributed by atoms with E-state index in [9.17, 15) is 19.2 Å². The van der Waals surface area contributed by atoms with E-state index in [1.165, 1.54) is 0 Å². The van der Waals surface area contributed by atoms with Gasteiger partial charge in [-0.15, -0.1) is 0 Å². The second-order valence-corrected chi connectivity index (χ2v) is 10.9. The summed E-state index contributed by atoms with van der Waals surface area (Å²) in [4.78, 5) is 53.9. The first-order chi connectivity index (χ1) is 17.4. The number of ether oxygens (including phenoxy) is 1. The number of carbonyl (C=O) groups excluding carboxylic acids is 4. The van der Waals surface area contributed by atoms with Gasteiger partial charge in [-0.2, -0.15) is 0 Å². The molecule has 36 heavy (non-hydrogen) atoms. The molecule has 0 unspecified atom stereocenters. The monoisotopic (exact) mass is 552 g/mol. The zero-order chi connectivity index (χ0) is 25.4. The summed E-state index contributed by atoms with van der Waals surface area (Å²) in [6.45, 7) is 1.48. The lowest BCUT2D eigenvalue weighted by atomic mass is 9.81.